The zero-order valence-electron chi connectivity index (χ0n) is 12.6. The molecule has 1 aliphatic heterocycles. The third kappa shape index (κ3) is 3.89. The number of hydrogen-bond acceptors (Lipinski definition) is 2. The second-order valence-electron chi connectivity index (χ2n) is 5.71. The number of amides is 2. The van der Waals surface area contributed by atoms with Gasteiger partial charge in [0, 0.05) is 13.1 Å². The minimum Gasteiger partial charge on any atom is -0.473 e. The number of hydrogen-bond donors (Lipinski definition) is 1. The van der Waals surface area contributed by atoms with Gasteiger partial charge in [-0.25, -0.2) is 4.79 Å². The van der Waals surface area contributed by atoms with Gasteiger partial charge in [0.2, 0.25) is 0 Å². The average Bonchev–Trinajstić information content (AvgIpc) is 2.42. The summed E-state index contributed by atoms with van der Waals surface area (Å²) < 4.78 is 5.57. The van der Waals surface area contributed by atoms with Gasteiger partial charge in [0.1, 0.15) is 5.75 Å². The van der Waals surface area contributed by atoms with Crippen LogP contribution in [-0.2, 0) is 0 Å². The van der Waals surface area contributed by atoms with Gasteiger partial charge in [-0.15, -0.1) is 0 Å². The molecule has 0 radical (unpaired) electrons. The van der Waals surface area contributed by atoms with Crippen molar-refractivity contribution in [1.82, 2.24) is 10.2 Å². The lowest BCUT2D eigenvalue weighted by atomic mass is 10.0. The largest absolute Gasteiger partial charge is 0.473 e. The van der Waals surface area contributed by atoms with Crippen LogP contribution >= 0.6 is 0 Å². The first-order valence-electron chi connectivity index (χ1n) is 7.29. The number of aryl methyl sites for hydroxylation is 2. The molecule has 2 amide bonds. The summed E-state index contributed by atoms with van der Waals surface area (Å²) in [5.74, 6) is 1.38. The Bertz CT molecular complexity index is 474. The van der Waals surface area contributed by atoms with Crippen LogP contribution in [0.3, 0.4) is 0 Å². The molecule has 1 aromatic carbocycles. The highest BCUT2D eigenvalue weighted by Crippen LogP contribution is 2.17. The molecule has 1 aliphatic rings. The summed E-state index contributed by atoms with van der Waals surface area (Å²) in [6.45, 7) is 8.21. The lowest BCUT2D eigenvalue weighted by Gasteiger charge is -2.30. The zero-order chi connectivity index (χ0) is 14.5. The van der Waals surface area contributed by atoms with Crippen molar-refractivity contribution in [2.24, 2.45) is 5.92 Å². The number of rotatable bonds is 3. The van der Waals surface area contributed by atoms with E-state index in [4.69, 9.17) is 4.74 Å². The summed E-state index contributed by atoms with van der Waals surface area (Å²) in [4.78, 5) is 13.9. The Morgan fingerprint density at radius 2 is 2.20 bits per heavy atom. The second-order valence-corrected chi connectivity index (χ2v) is 5.71. The van der Waals surface area contributed by atoms with E-state index in [2.05, 4.69) is 26.1 Å². The van der Waals surface area contributed by atoms with Crippen LogP contribution in [0.4, 0.5) is 4.79 Å². The Kier molecular flexibility index (Phi) is 4.88. The van der Waals surface area contributed by atoms with Gasteiger partial charge in [0.25, 0.3) is 0 Å². The van der Waals surface area contributed by atoms with E-state index in [0.29, 0.717) is 5.92 Å². The van der Waals surface area contributed by atoms with E-state index in [-0.39, 0.29) is 12.8 Å². The Morgan fingerprint density at radius 3 is 2.90 bits per heavy atom. The zero-order valence-corrected chi connectivity index (χ0v) is 12.6. The predicted molar refractivity (Wildman–Crippen MR) is 79.9 cm³/mol. The van der Waals surface area contributed by atoms with Crippen molar-refractivity contribution < 1.29 is 9.53 Å². The monoisotopic (exact) mass is 276 g/mol. The molecule has 1 unspecified atom stereocenters. The summed E-state index contributed by atoms with van der Waals surface area (Å²) in [6, 6.07) is 5.92. The number of carbonyl (C=O) groups excluding carboxylic acids is 1. The molecule has 1 N–H and O–H groups in total. The quantitative estimate of drug-likeness (QED) is 0.862. The molecule has 4 heteroatoms. The number of piperidine rings is 1. The van der Waals surface area contributed by atoms with E-state index in [9.17, 15) is 4.79 Å². The SMILES string of the molecule is Cc1ccc(OCNC(=O)N2CCCC(C)C2)cc1C. The maximum absolute atomic E-state index is 12.0. The van der Waals surface area contributed by atoms with Crippen molar-refractivity contribution in [2.75, 3.05) is 19.8 Å². The van der Waals surface area contributed by atoms with E-state index in [0.717, 1.165) is 25.3 Å². The highest BCUT2D eigenvalue weighted by Gasteiger charge is 2.20. The van der Waals surface area contributed by atoms with Crippen molar-refractivity contribution in [3.63, 3.8) is 0 Å². The van der Waals surface area contributed by atoms with Crippen LogP contribution in [0.15, 0.2) is 18.2 Å². The number of benzene rings is 1. The maximum atomic E-state index is 12.0. The molecule has 1 fully saturated rings. The van der Waals surface area contributed by atoms with E-state index >= 15 is 0 Å². The van der Waals surface area contributed by atoms with E-state index in [1.165, 1.54) is 17.5 Å². The van der Waals surface area contributed by atoms with E-state index in [1.54, 1.807) is 0 Å². The first-order chi connectivity index (χ1) is 9.56. The third-order valence-electron chi connectivity index (χ3n) is 3.88. The highest BCUT2D eigenvalue weighted by atomic mass is 16.5. The Hall–Kier alpha value is -1.71. The van der Waals surface area contributed by atoms with E-state index in [1.807, 2.05) is 23.1 Å². The molecular weight excluding hydrogens is 252 g/mol. The van der Waals surface area contributed by atoms with Crippen LogP contribution in [0, 0.1) is 19.8 Å². The molecule has 0 aromatic heterocycles. The lowest BCUT2D eigenvalue weighted by molar-refractivity contribution is 0.160. The van der Waals surface area contributed by atoms with Crippen molar-refractivity contribution in [1.29, 1.82) is 0 Å². The molecule has 1 aromatic rings. The van der Waals surface area contributed by atoms with Crippen LogP contribution < -0.4 is 10.1 Å². The minimum absolute atomic E-state index is 0.0274. The molecule has 20 heavy (non-hydrogen) atoms. The summed E-state index contributed by atoms with van der Waals surface area (Å²) in [5, 5.41) is 2.82. The topological polar surface area (TPSA) is 41.6 Å². The molecule has 1 saturated heterocycles. The molecule has 2 rings (SSSR count). The van der Waals surface area contributed by atoms with Crippen LogP contribution in [0.1, 0.15) is 30.9 Å². The normalized spacial score (nSPS) is 18.8. The van der Waals surface area contributed by atoms with Crippen molar-refractivity contribution in [3.05, 3.63) is 29.3 Å². The number of ether oxygens (including phenoxy) is 1. The summed E-state index contributed by atoms with van der Waals surface area (Å²) in [7, 11) is 0. The van der Waals surface area contributed by atoms with Gasteiger partial charge in [-0.05, 0) is 55.9 Å². The van der Waals surface area contributed by atoms with Gasteiger partial charge >= 0.3 is 6.03 Å². The molecule has 0 saturated carbocycles. The fourth-order valence-electron chi connectivity index (χ4n) is 2.47. The molecule has 0 aliphatic carbocycles. The average molecular weight is 276 g/mol. The van der Waals surface area contributed by atoms with Crippen LogP contribution in [0.2, 0.25) is 0 Å². The minimum atomic E-state index is -0.0274. The smallest absolute Gasteiger partial charge is 0.320 e. The van der Waals surface area contributed by atoms with Gasteiger partial charge < -0.3 is 15.0 Å². The van der Waals surface area contributed by atoms with E-state index < -0.39 is 0 Å². The van der Waals surface area contributed by atoms with Crippen molar-refractivity contribution in [2.45, 2.75) is 33.6 Å². The second kappa shape index (κ2) is 6.64. The Morgan fingerprint density at radius 1 is 1.40 bits per heavy atom. The lowest BCUT2D eigenvalue weighted by Crippen LogP contribution is -2.46. The summed E-state index contributed by atoms with van der Waals surface area (Å²) in [6.07, 6.45) is 2.30. The molecule has 0 spiro atoms. The standard InChI is InChI=1S/C16H24N2O2/c1-12-5-4-8-18(10-12)16(19)17-11-20-15-7-6-13(2)14(3)9-15/h6-7,9,12H,4-5,8,10-11H2,1-3H3,(H,17,19). The van der Waals surface area contributed by atoms with Crippen molar-refractivity contribution in [3.8, 4) is 5.75 Å². The van der Waals surface area contributed by atoms with Gasteiger partial charge in [0.15, 0.2) is 6.73 Å². The van der Waals surface area contributed by atoms with Gasteiger partial charge in [-0.1, -0.05) is 13.0 Å². The summed E-state index contributed by atoms with van der Waals surface area (Å²) >= 11 is 0. The fourth-order valence-corrected chi connectivity index (χ4v) is 2.47. The third-order valence-corrected chi connectivity index (χ3v) is 3.88. The Labute approximate surface area is 121 Å². The van der Waals surface area contributed by atoms with Gasteiger partial charge in [-0.2, -0.15) is 0 Å². The number of nitrogens with zero attached hydrogens (tertiary/aromatic N) is 1. The number of urea groups is 1. The highest BCUT2D eigenvalue weighted by molar-refractivity contribution is 5.74. The fraction of sp³-hybridized carbons (Fsp3) is 0.562. The molecule has 4 nitrogen and oxygen atoms in total. The first-order valence-corrected chi connectivity index (χ1v) is 7.29. The maximum Gasteiger partial charge on any atom is 0.320 e. The van der Waals surface area contributed by atoms with Crippen LogP contribution in [0.5, 0.6) is 5.75 Å². The van der Waals surface area contributed by atoms with Crippen LogP contribution in [0.25, 0.3) is 0 Å². The predicted octanol–water partition coefficient (Wildman–Crippen LogP) is 3.08. The molecule has 110 valence electrons. The Balaban J connectivity index is 1.77. The van der Waals surface area contributed by atoms with Gasteiger partial charge in [-0.3, -0.25) is 0 Å². The molecule has 1 heterocycles. The first kappa shape index (κ1) is 14.7. The number of nitrogens with one attached hydrogen (secondary N) is 1. The molecular formula is C16H24N2O2. The number of likely N-dealkylation sites (tertiary alicyclic amines) is 1. The van der Waals surface area contributed by atoms with Crippen molar-refractivity contribution >= 4 is 6.03 Å². The van der Waals surface area contributed by atoms with Crippen LogP contribution in [-0.4, -0.2) is 30.8 Å². The number of carbonyl (C=O) groups is 1. The van der Waals surface area contributed by atoms with Gasteiger partial charge in [0.05, 0.1) is 0 Å². The molecule has 0 bridgehead atoms. The summed E-state index contributed by atoms with van der Waals surface area (Å²) in [5.41, 5.74) is 2.43. The molecule has 1 atom stereocenters.